The Morgan fingerprint density at radius 2 is 2.00 bits per heavy atom. The number of aryl methyl sites for hydroxylation is 1. The van der Waals surface area contributed by atoms with Crippen molar-refractivity contribution in [1.29, 1.82) is 0 Å². The van der Waals surface area contributed by atoms with Gasteiger partial charge in [-0.3, -0.25) is 9.78 Å². The smallest absolute Gasteiger partial charge is 0.252 e. The van der Waals surface area contributed by atoms with E-state index in [1.807, 2.05) is 37.4 Å². The second kappa shape index (κ2) is 6.76. The highest BCUT2D eigenvalue weighted by Crippen LogP contribution is 2.49. The van der Waals surface area contributed by atoms with Gasteiger partial charge in [0.05, 0.1) is 18.2 Å². The number of methoxy groups -OCH3 is 1. The van der Waals surface area contributed by atoms with Gasteiger partial charge in [0.2, 0.25) is 0 Å². The quantitative estimate of drug-likeness (QED) is 0.714. The summed E-state index contributed by atoms with van der Waals surface area (Å²) in [4.78, 5) is 20.2. The predicted molar refractivity (Wildman–Crippen MR) is 115 cm³/mol. The van der Waals surface area contributed by atoms with Crippen LogP contribution in [0.15, 0.2) is 48.7 Å². The summed E-state index contributed by atoms with van der Waals surface area (Å²) >= 11 is 0. The van der Waals surface area contributed by atoms with Crippen molar-refractivity contribution in [3.63, 3.8) is 0 Å². The van der Waals surface area contributed by atoms with Crippen LogP contribution in [0.4, 0.5) is 5.69 Å². The molecule has 2 aliphatic rings. The third-order valence-electron chi connectivity index (χ3n) is 6.23. The molecule has 0 bridgehead atoms. The van der Waals surface area contributed by atoms with Crippen LogP contribution in [0.2, 0.25) is 0 Å². The number of carbonyl (C=O) groups excluding carboxylic acids is 1. The molecule has 2 aromatic carbocycles. The zero-order valence-electron chi connectivity index (χ0n) is 16.9. The summed E-state index contributed by atoms with van der Waals surface area (Å²) in [6.45, 7) is 4.12. The van der Waals surface area contributed by atoms with Crippen molar-refractivity contribution in [2.45, 2.75) is 31.7 Å². The molecule has 1 aromatic heterocycles. The van der Waals surface area contributed by atoms with Crippen LogP contribution in [-0.2, 0) is 5.54 Å². The lowest BCUT2D eigenvalue weighted by atomic mass is 9.96. The van der Waals surface area contributed by atoms with E-state index in [1.54, 1.807) is 7.11 Å². The van der Waals surface area contributed by atoms with E-state index in [2.05, 4.69) is 33.4 Å². The van der Waals surface area contributed by atoms with E-state index >= 15 is 0 Å². The second-order valence-electron chi connectivity index (χ2n) is 8.12. The number of nitrogens with one attached hydrogen (secondary N) is 1. The number of hydrogen-bond donors (Lipinski definition) is 1. The van der Waals surface area contributed by atoms with Gasteiger partial charge in [-0.25, -0.2) is 0 Å². The van der Waals surface area contributed by atoms with E-state index in [1.165, 1.54) is 17.7 Å². The minimum atomic E-state index is -0.325. The molecule has 1 saturated carbocycles. The van der Waals surface area contributed by atoms with Crippen LogP contribution in [0.1, 0.15) is 40.7 Å². The fourth-order valence-corrected chi connectivity index (χ4v) is 4.16. The fraction of sp³-hybridized carbons (Fsp3) is 0.333. The van der Waals surface area contributed by atoms with Crippen molar-refractivity contribution in [2.75, 3.05) is 25.1 Å². The van der Waals surface area contributed by atoms with Crippen LogP contribution in [-0.4, -0.2) is 31.1 Å². The first-order valence-corrected chi connectivity index (χ1v) is 10.2. The van der Waals surface area contributed by atoms with E-state index in [-0.39, 0.29) is 11.4 Å². The maximum absolute atomic E-state index is 13.2. The number of hydrogen-bond acceptors (Lipinski definition) is 4. The largest absolute Gasteiger partial charge is 0.497 e. The summed E-state index contributed by atoms with van der Waals surface area (Å²) < 4.78 is 5.32. The van der Waals surface area contributed by atoms with Gasteiger partial charge in [-0.2, -0.15) is 0 Å². The van der Waals surface area contributed by atoms with Gasteiger partial charge in [-0.05, 0) is 67.6 Å². The molecule has 3 aromatic rings. The molecule has 148 valence electrons. The van der Waals surface area contributed by atoms with Crippen LogP contribution in [0.25, 0.3) is 10.9 Å². The number of fused-ring (bicyclic) bond motifs is 1. The molecule has 1 saturated heterocycles. The lowest BCUT2D eigenvalue weighted by Crippen LogP contribution is -2.38. The van der Waals surface area contributed by atoms with Crippen molar-refractivity contribution in [3.05, 3.63) is 65.4 Å². The lowest BCUT2D eigenvalue weighted by Gasteiger charge is -2.34. The molecule has 0 radical (unpaired) electrons. The summed E-state index contributed by atoms with van der Waals surface area (Å²) in [5, 5.41) is 4.47. The molecule has 0 atom stereocenters. The van der Waals surface area contributed by atoms with Crippen molar-refractivity contribution in [1.82, 2.24) is 10.3 Å². The van der Waals surface area contributed by atoms with Crippen LogP contribution in [0.5, 0.6) is 5.75 Å². The van der Waals surface area contributed by atoms with Gasteiger partial charge in [0.25, 0.3) is 5.91 Å². The fourth-order valence-electron chi connectivity index (χ4n) is 4.16. The van der Waals surface area contributed by atoms with Gasteiger partial charge >= 0.3 is 0 Å². The Kier molecular flexibility index (Phi) is 4.19. The number of carbonyl (C=O) groups is 1. The second-order valence-corrected chi connectivity index (χ2v) is 8.12. The summed E-state index contributed by atoms with van der Waals surface area (Å²) in [5.41, 5.74) is 4.66. The molecular formula is C24H25N3O2. The molecule has 1 amide bonds. The SMILES string of the molecule is COc1ccc(C)c(C(=O)NC2(c3cc(N4CCC4)cc4ncccc34)CC2)c1. The maximum Gasteiger partial charge on any atom is 0.252 e. The predicted octanol–water partition coefficient (Wildman–Crippen LogP) is 4.18. The van der Waals surface area contributed by atoms with Crippen LogP contribution in [0, 0.1) is 6.92 Å². The van der Waals surface area contributed by atoms with Crippen molar-refractivity contribution in [3.8, 4) is 5.75 Å². The number of aromatic nitrogens is 1. The number of ether oxygens (including phenoxy) is 1. The van der Waals surface area contributed by atoms with E-state index in [4.69, 9.17) is 4.74 Å². The standard InChI is InChI=1S/C24H25N3O2/c1-16-6-7-18(29-2)15-20(16)23(28)26-24(8-9-24)21-13-17(27-11-4-12-27)14-22-19(21)5-3-10-25-22/h3,5-7,10,13-15H,4,8-9,11-12H2,1-2H3,(H,26,28). The Hall–Kier alpha value is -3.08. The highest BCUT2D eigenvalue weighted by Gasteiger charge is 2.47. The summed E-state index contributed by atoms with van der Waals surface area (Å²) in [5.74, 6) is 0.644. The number of pyridine rings is 1. The minimum absolute atomic E-state index is 0.0507. The van der Waals surface area contributed by atoms with E-state index in [0.717, 1.165) is 42.4 Å². The topological polar surface area (TPSA) is 54.5 Å². The van der Waals surface area contributed by atoms with E-state index < -0.39 is 0 Å². The average Bonchev–Trinajstić information content (AvgIpc) is 3.47. The maximum atomic E-state index is 13.2. The molecule has 1 aliphatic heterocycles. The third-order valence-corrected chi connectivity index (χ3v) is 6.23. The molecule has 5 heteroatoms. The molecule has 1 N–H and O–H groups in total. The zero-order chi connectivity index (χ0) is 20.0. The molecule has 0 unspecified atom stereocenters. The van der Waals surface area contributed by atoms with Gasteiger partial charge in [0, 0.05) is 35.9 Å². The third kappa shape index (κ3) is 3.11. The zero-order valence-corrected chi connectivity index (χ0v) is 16.9. The highest BCUT2D eigenvalue weighted by molar-refractivity contribution is 5.97. The van der Waals surface area contributed by atoms with Crippen molar-refractivity contribution < 1.29 is 9.53 Å². The molecule has 2 heterocycles. The molecule has 5 rings (SSSR count). The average molecular weight is 387 g/mol. The van der Waals surface area contributed by atoms with Gasteiger partial charge < -0.3 is 15.0 Å². The van der Waals surface area contributed by atoms with Gasteiger partial charge in [0.15, 0.2) is 0 Å². The number of rotatable bonds is 5. The minimum Gasteiger partial charge on any atom is -0.497 e. The number of anilines is 1. The Balaban J connectivity index is 1.53. The monoisotopic (exact) mass is 387 g/mol. The molecule has 5 nitrogen and oxygen atoms in total. The lowest BCUT2D eigenvalue weighted by molar-refractivity contribution is 0.0930. The number of benzene rings is 2. The van der Waals surface area contributed by atoms with Crippen LogP contribution in [0.3, 0.4) is 0 Å². The van der Waals surface area contributed by atoms with Crippen LogP contribution >= 0.6 is 0 Å². The number of nitrogens with zero attached hydrogens (tertiary/aromatic N) is 2. The highest BCUT2D eigenvalue weighted by atomic mass is 16.5. The number of amides is 1. The Labute approximate surface area is 170 Å². The molecular weight excluding hydrogens is 362 g/mol. The molecule has 0 spiro atoms. The molecule has 2 fully saturated rings. The van der Waals surface area contributed by atoms with Crippen molar-refractivity contribution in [2.24, 2.45) is 0 Å². The molecule has 29 heavy (non-hydrogen) atoms. The first-order valence-electron chi connectivity index (χ1n) is 10.2. The normalized spacial score (nSPS) is 17.0. The van der Waals surface area contributed by atoms with E-state index in [9.17, 15) is 4.79 Å². The summed E-state index contributed by atoms with van der Waals surface area (Å²) in [7, 11) is 1.62. The first-order chi connectivity index (χ1) is 14.1. The summed E-state index contributed by atoms with van der Waals surface area (Å²) in [6.07, 6.45) is 4.95. The van der Waals surface area contributed by atoms with E-state index in [0.29, 0.717) is 11.3 Å². The van der Waals surface area contributed by atoms with Crippen LogP contribution < -0.4 is 15.0 Å². The first kappa shape index (κ1) is 18.0. The summed E-state index contributed by atoms with van der Waals surface area (Å²) in [6, 6.07) is 14.1. The Morgan fingerprint density at radius 3 is 2.69 bits per heavy atom. The van der Waals surface area contributed by atoms with Gasteiger partial charge in [0.1, 0.15) is 5.75 Å². The Bertz CT molecular complexity index is 1100. The van der Waals surface area contributed by atoms with Gasteiger partial charge in [-0.15, -0.1) is 0 Å². The molecule has 1 aliphatic carbocycles. The van der Waals surface area contributed by atoms with Crippen molar-refractivity contribution >= 4 is 22.5 Å². The Morgan fingerprint density at radius 1 is 1.17 bits per heavy atom. The van der Waals surface area contributed by atoms with Gasteiger partial charge in [-0.1, -0.05) is 12.1 Å².